The molecule has 4 heterocycles. The van der Waals surface area contributed by atoms with Crippen LogP contribution in [-0.4, -0.2) is 114 Å². The van der Waals surface area contributed by atoms with E-state index in [9.17, 15) is 46.2 Å². The number of anilines is 1. The van der Waals surface area contributed by atoms with E-state index < -0.39 is 71.9 Å². The summed E-state index contributed by atoms with van der Waals surface area (Å²) in [7, 11) is 1.29. The number of fused-ring (bicyclic) bond motifs is 1. The lowest BCUT2D eigenvalue weighted by atomic mass is 10.2. The van der Waals surface area contributed by atoms with Crippen molar-refractivity contribution >= 4 is 41.2 Å². The number of rotatable bonds is 7. The predicted molar refractivity (Wildman–Crippen MR) is 165 cm³/mol. The summed E-state index contributed by atoms with van der Waals surface area (Å²) in [6, 6.07) is 1.19. The molecule has 5 N–H and O–H groups in total. The van der Waals surface area contributed by atoms with Gasteiger partial charge in [0.25, 0.3) is 17.7 Å². The molecule has 2 saturated heterocycles. The number of aliphatic hydroxyl groups excluding tert-OH is 1. The number of carboxylic acid groups (broad SMARTS) is 1. The van der Waals surface area contributed by atoms with Crippen LogP contribution in [0, 0.1) is 11.8 Å². The van der Waals surface area contributed by atoms with Gasteiger partial charge in [-0.3, -0.25) is 14.3 Å². The average Bonchev–Trinajstić information content (AvgIpc) is 3.50. The predicted octanol–water partition coefficient (Wildman–Crippen LogP) is 2.88. The van der Waals surface area contributed by atoms with E-state index in [-0.39, 0.29) is 58.8 Å². The zero-order valence-electron chi connectivity index (χ0n) is 26.4. The molecule has 15 nitrogen and oxygen atoms in total. The number of imidazole rings is 1. The maximum atomic E-state index is 13.8. The highest BCUT2D eigenvalue weighted by molar-refractivity contribution is 6.34. The first kappa shape index (κ1) is 34.5. The highest BCUT2D eigenvalue weighted by atomic mass is 35.5. The van der Waals surface area contributed by atoms with E-state index in [1.54, 1.807) is 4.90 Å². The third-order valence-electron chi connectivity index (χ3n) is 9.70. The van der Waals surface area contributed by atoms with Crippen molar-refractivity contribution in [3.8, 4) is 11.3 Å². The van der Waals surface area contributed by atoms with Crippen LogP contribution in [0.5, 0.6) is 0 Å². The van der Waals surface area contributed by atoms with Gasteiger partial charge in [-0.05, 0) is 18.2 Å². The van der Waals surface area contributed by atoms with Crippen LogP contribution in [0.25, 0.3) is 11.3 Å². The van der Waals surface area contributed by atoms with Gasteiger partial charge in [0.05, 0.1) is 46.7 Å². The number of alkyl halides is 5. The summed E-state index contributed by atoms with van der Waals surface area (Å²) < 4.78 is 70.1. The van der Waals surface area contributed by atoms with E-state index in [1.807, 2.05) is 0 Å². The van der Waals surface area contributed by atoms with Crippen molar-refractivity contribution in [2.75, 3.05) is 31.5 Å². The van der Waals surface area contributed by atoms with E-state index in [2.05, 4.69) is 26.0 Å². The molecule has 5 amide bonds. The zero-order valence-corrected chi connectivity index (χ0v) is 27.1. The van der Waals surface area contributed by atoms with Gasteiger partial charge in [-0.1, -0.05) is 11.6 Å². The molecule has 272 valence electrons. The van der Waals surface area contributed by atoms with Crippen LogP contribution in [0.1, 0.15) is 39.1 Å². The van der Waals surface area contributed by atoms with Gasteiger partial charge in [0.15, 0.2) is 11.5 Å². The molecule has 2 saturated carbocycles. The topological polar surface area (TPSA) is 187 Å². The molecule has 4 fully saturated rings. The van der Waals surface area contributed by atoms with Gasteiger partial charge >= 0.3 is 18.3 Å². The Kier molecular flexibility index (Phi) is 8.16. The Bertz CT molecular complexity index is 1940. The fourth-order valence-electron chi connectivity index (χ4n) is 6.74. The Balaban J connectivity index is 0.944. The molecule has 0 spiro atoms. The molecule has 21 heteroatoms. The lowest BCUT2D eigenvalue weighted by Gasteiger charge is -2.24. The van der Waals surface area contributed by atoms with Gasteiger partial charge in [-0.25, -0.2) is 23.4 Å². The molecule has 1 aromatic carbocycles. The molecule has 2 aromatic heterocycles. The largest absolute Gasteiger partial charge is 0.465 e. The number of aromatic nitrogens is 4. The number of carbonyl (C=O) groups excluding carboxylic acids is 3. The van der Waals surface area contributed by atoms with E-state index in [0.717, 1.165) is 21.9 Å². The van der Waals surface area contributed by atoms with Crippen molar-refractivity contribution in [3.63, 3.8) is 0 Å². The van der Waals surface area contributed by atoms with Crippen molar-refractivity contribution in [1.82, 2.24) is 39.8 Å². The van der Waals surface area contributed by atoms with E-state index in [0.29, 0.717) is 17.8 Å². The summed E-state index contributed by atoms with van der Waals surface area (Å²) in [5.74, 6) is -4.81. The third-order valence-corrected chi connectivity index (χ3v) is 10.0. The lowest BCUT2D eigenvalue weighted by molar-refractivity contribution is -0.141. The monoisotopic (exact) mass is 741 g/mol. The molecule has 51 heavy (non-hydrogen) atoms. The van der Waals surface area contributed by atoms with Gasteiger partial charge in [0, 0.05) is 62.9 Å². The molecule has 2 aliphatic carbocycles. The van der Waals surface area contributed by atoms with E-state index in [1.165, 1.54) is 25.2 Å². The summed E-state index contributed by atoms with van der Waals surface area (Å²) in [6.45, 7) is 0.564. The maximum Gasteiger partial charge on any atom is 0.435 e. The molecule has 6 atom stereocenters. The van der Waals surface area contributed by atoms with Gasteiger partial charge < -0.3 is 40.5 Å². The van der Waals surface area contributed by atoms with Crippen LogP contribution in [0.4, 0.5) is 37.2 Å². The highest BCUT2D eigenvalue weighted by Gasteiger charge is 2.60. The number of β-amino-alcohol motifs (C(OH)–C–C–N with tert-alkyl or cyclic N) is 1. The standard InChI is InChI=1S/C30H29ClF5N9O6/c1-42-19(16-9-45(21-5-29(21,32)33)41-23(16)30(34,35)36)6-37-24(42)26(48)38-12-2-3-13(17(31)4-12)25(47)40-22-14-7-43(8-15(14)22)27(49)39-18-10-44(28(50)51)11-20(18)46/h2-4,6,9,14-15,18,20-22,46H,5,7-8,10-11H2,1H3,(H,38,48)(H,39,49)(H,40,47)(H,50,51)/t14-,15+,18-,20-,21+,22+/m0/s1. The molecule has 0 radical (unpaired) electrons. The second kappa shape index (κ2) is 12.1. The number of aliphatic hydroxyl groups is 1. The van der Waals surface area contributed by atoms with Crippen molar-refractivity contribution < 1.29 is 51.3 Å². The summed E-state index contributed by atoms with van der Waals surface area (Å²) in [6.07, 6.45) is -5.95. The summed E-state index contributed by atoms with van der Waals surface area (Å²) >= 11 is 6.37. The number of halogens is 6. The maximum absolute atomic E-state index is 13.8. The van der Waals surface area contributed by atoms with Crippen LogP contribution in [0.2, 0.25) is 5.02 Å². The third kappa shape index (κ3) is 6.41. The molecule has 4 aliphatic rings. The average molecular weight is 742 g/mol. The molecule has 0 bridgehead atoms. The number of piperidine rings is 1. The summed E-state index contributed by atoms with van der Waals surface area (Å²) in [5.41, 5.74) is -1.85. The van der Waals surface area contributed by atoms with Crippen LogP contribution >= 0.6 is 11.6 Å². The minimum atomic E-state index is -4.97. The lowest BCUT2D eigenvalue weighted by Crippen LogP contribution is -2.50. The molecule has 0 unspecified atom stereocenters. The Hall–Kier alpha value is -4.98. The number of hydrogen-bond acceptors (Lipinski definition) is 7. The van der Waals surface area contributed by atoms with E-state index >= 15 is 0 Å². The minimum Gasteiger partial charge on any atom is -0.465 e. The summed E-state index contributed by atoms with van der Waals surface area (Å²) in [5, 5.41) is 30.6. The highest BCUT2D eigenvalue weighted by Crippen LogP contribution is 2.53. The number of amides is 5. The number of carbonyl (C=O) groups is 4. The normalized spacial score (nSPS) is 26.1. The van der Waals surface area contributed by atoms with Crippen molar-refractivity contribution in [2.45, 2.75) is 42.7 Å². The number of hydrogen-bond donors (Lipinski definition) is 5. The SMILES string of the molecule is Cn1c(-c2cn([C@@H]3CC3(F)F)nc2C(F)(F)F)cnc1C(=O)Nc1ccc(C(=O)N[C@H]2[C@@H]3CN(C(=O)N[C@H]4CN(C(=O)O)C[C@@H]4O)C[C@@H]32)c(Cl)c1. The first-order valence-electron chi connectivity index (χ1n) is 15.6. The van der Waals surface area contributed by atoms with Gasteiger partial charge in [-0.15, -0.1) is 0 Å². The van der Waals surface area contributed by atoms with Gasteiger partial charge in [0.2, 0.25) is 0 Å². The fourth-order valence-corrected chi connectivity index (χ4v) is 7.01. The Labute approximate surface area is 289 Å². The first-order valence-corrected chi connectivity index (χ1v) is 16.0. The molecule has 3 aromatic rings. The molecule has 2 aliphatic heterocycles. The zero-order chi connectivity index (χ0) is 36.7. The molecular weight excluding hydrogens is 713 g/mol. The van der Waals surface area contributed by atoms with Crippen LogP contribution in [0.3, 0.4) is 0 Å². The smallest absolute Gasteiger partial charge is 0.435 e. The number of urea groups is 1. The van der Waals surface area contributed by atoms with Crippen LogP contribution in [0.15, 0.2) is 30.6 Å². The molecular formula is C30H29ClF5N9O6. The van der Waals surface area contributed by atoms with Crippen molar-refractivity contribution in [2.24, 2.45) is 18.9 Å². The minimum absolute atomic E-state index is 0.0118. The van der Waals surface area contributed by atoms with E-state index in [4.69, 9.17) is 16.7 Å². The number of likely N-dealkylation sites (tertiary alicyclic amines) is 2. The van der Waals surface area contributed by atoms with Gasteiger partial charge in [0.1, 0.15) is 6.04 Å². The van der Waals surface area contributed by atoms with Crippen LogP contribution in [-0.2, 0) is 13.2 Å². The van der Waals surface area contributed by atoms with Crippen LogP contribution < -0.4 is 16.0 Å². The van der Waals surface area contributed by atoms with Gasteiger partial charge in [-0.2, -0.15) is 18.3 Å². The van der Waals surface area contributed by atoms with Crippen molar-refractivity contribution in [1.29, 1.82) is 0 Å². The number of nitrogens with one attached hydrogen (secondary N) is 3. The fraction of sp³-hybridized carbons (Fsp3) is 0.467. The Morgan fingerprint density at radius 3 is 2.29 bits per heavy atom. The quantitative estimate of drug-likeness (QED) is 0.229. The Morgan fingerprint density at radius 2 is 1.71 bits per heavy atom. The second-order valence-corrected chi connectivity index (χ2v) is 13.5. The summed E-state index contributed by atoms with van der Waals surface area (Å²) in [4.78, 5) is 56.4. The molecule has 7 rings (SSSR count). The number of benzene rings is 1. The number of nitrogens with zero attached hydrogens (tertiary/aromatic N) is 6. The van der Waals surface area contributed by atoms with Crippen molar-refractivity contribution in [3.05, 3.63) is 52.7 Å². The Morgan fingerprint density at radius 1 is 1.02 bits per heavy atom. The second-order valence-electron chi connectivity index (χ2n) is 13.1. The first-order chi connectivity index (χ1) is 23.9.